The lowest BCUT2D eigenvalue weighted by Gasteiger charge is -2.20. The van der Waals surface area contributed by atoms with Crippen LogP contribution in [0.2, 0.25) is 0 Å². The van der Waals surface area contributed by atoms with Crippen molar-refractivity contribution in [1.82, 2.24) is 5.32 Å². The molecule has 0 aliphatic heterocycles. The zero-order valence-corrected chi connectivity index (χ0v) is 20.1. The number of benzene rings is 1. The topological polar surface area (TPSA) is 50.4 Å². The number of carbonyl (C=O) groups is 1. The molecule has 2 atom stereocenters. The van der Waals surface area contributed by atoms with Crippen LogP contribution in [0.4, 0.5) is 5.00 Å². The zero-order chi connectivity index (χ0) is 21.8. The molecule has 0 saturated heterocycles. The summed E-state index contributed by atoms with van der Waals surface area (Å²) in [5, 5.41) is 8.06. The van der Waals surface area contributed by atoms with Crippen molar-refractivity contribution in [1.29, 1.82) is 0 Å². The van der Waals surface area contributed by atoms with E-state index >= 15 is 0 Å². The number of thiocarbonyl (C=S) groups is 1. The number of thiophene rings is 1. The van der Waals surface area contributed by atoms with Gasteiger partial charge in [-0.25, -0.2) is 4.79 Å². The molecule has 1 aliphatic rings. The van der Waals surface area contributed by atoms with E-state index in [0.717, 1.165) is 36.2 Å². The molecule has 6 heteroatoms. The predicted octanol–water partition coefficient (Wildman–Crippen LogP) is 6.22. The normalized spacial score (nSPS) is 16.7. The van der Waals surface area contributed by atoms with Gasteiger partial charge in [-0.1, -0.05) is 52.0 Å². The third-order valence-corrected chi connectivity index (χ3v) is 7.24. The molecule has 0 radical (unpaired) electrons. The van der Waals surface area contributed by atoms with Crippen molar-refractivity contribution in [2.75, 3.05) is 12.4 Å². The highest BCUT2D eigenvalue weighted by atomic mass is 32.1. The summed E-state index contributed by atoms with van der Waals surface area (Å²) in [5.41, 5.74) is 4.32. The highest BCUT2D eigenvalue weighted by Gasteiger charge is 2.28. The number of ether oxygens (including phenoxy) is 1. The Morgan fingerprint density at radius 1 is 1.27 bits per heavy atom. The molecule has 1 aromatic heterocycles. The second-order valence-corrected chi connectivity index (χ2v) is 9.94. The average molecular weight is 445 g/mol. The molecule has 4 nitrogen and oxygen atoms in total. The van der Waals surface area contributed by atoms with Crippen LogP contribution in [0.15, 0.2) is 24.3 Å². The second-order valence-electron chi connectivity index (χ2n) is 8.43. The van der Waals surface area contributed by atoms with Crippen LogP contribution in [0.5, 0.6) is 0 Å². The molecule has 2 aromatic rings. The van der Waals surface area contributed by atoms with Gasteiger partial charge < -0.3 is 15.4 Å². The molecular weight excluding hydrogens is 412 g/mol. The fourth-order valence-corrected chi connectivity index (χ4v) is 5.70. The maximum absolute atomic E-state index is 12.5. The van der Waals surface area contributed by atoms with Crippen LogP contribution >= 0.6 is 23.6 Å². The van der Waals surface area contributed by atoms with Crippen LogP contribution in [-0.4, -0.2) is 18.2 Å². The Bertz CT molecular complexity index is 903. The van der Waals surface area contributed by atoms with Gasteiger partial charge in [0.05, 0.1) is 18.7 Å². The van der Waals surface area contributed by atoms with Crippen molar-refractivity contribution in [3.63, 3.8) is 0 Å². The van der Waals surface area contributed by atoms with Gasteiger partial charge in [0.1, 0.15) is 5.00 Å². The number of rotatable bonds is 6. The molecule has 1 aromatic carbocycles. The quantitative estimate of drug-likeness (QED) is 0.409. The molecule has 1 aliphatic carbocycles. The van der Waals surface area contributed by atoms with Crippen molar-refractivity contribution in [3.05, 3.63) is 51.4 Å². The van der Waals surface area contributed by atoms with E-state index in [0.29, 0.717) is 22.5 Å². The minimum Gasteiger partial charge on any atom is -0.465 e. The first-order valence-corrected chi connectivity index (χ1v) is 12.0. The highest BCUT2D eigenvalue weighted by Crippen LogP contribution is 2.40. The number of hydrogen-bond acceptors (Lipinski definition) is 4. The van der Waals surface area contributed by atoms with Gasteiger partial charge in [-0.05, 0) is 66.4 Å². The lowest BCUT2D eigenvalue weighted by molar-refractivity contribution is 0.0601. The number of hydrogen-bond donors (Lipinski definition) is 2. The Balaban J connectivity index is 1.77. The van der Waals surface area contributed by atoms with E-state index in [1.165, 1.54) is 23.1 Å². The number of methoxy groups -OCH3 is 1. The SMILES string of the molecule is CCC(NC(=S)Nc1sc2c(c1C(=O)OC)CCC(C)C2)c1ccc(C(C)C)cc1. The van der Waals surface area contributed by atoms with Gasteiger partial charge in [-0.15, -0.1) is 11.3 Å². The van der Waals surface area contributed by atoms with Gasteiger partial charge in [0.2, 0.25) is 0 Å². The maximum Gasteiger partial charge on any atom is 0.341 e. The van der Waals surface area contributed by atoms with Crippen molar-refractivity contribution in [2.45, 2.75) is 65.3 Å². The average Bonchev–Trinajstić information content (AvgIpc) is 3.08. The van der Waals surface area contributed by atoms with Gasteiger partial charge in [-0.2, -0.15) is 0 Å². The Labute approximate surface area is 189 Å². The lowest BCUT2D eigenvalue weighted by atomic mass is 9.88. The highest BCUT2D eigenvalue weighted by molar-refractivity contribution is 7.80. The summed E-state index contributed by atoms with van der Waals surface area (Å²) in [6, 6.07) is 8.83. The van der Waals surface area contributed by atoms with E-state index in [-0.39, 0.29) is 12.0 Å². The first kappa shape index (κ1) is 22.8. The zero-order valence-electron chi connectivity index (χ0n) is 18.5. The molecule has 0 saturated carbocycles. The third-order valence-electron chi connectivity index (χ3n) is 5.85. The third kappa shape index (κ3) is 5.03. The van der Waals surface area contributed by atoms with Crippen LogP contribution in [-0.2, 0) is 17.6 Å². The molecule has 30 heavy (non-hydrogen) atoms. The van der Waals surface area contributed by atoms with E-state index in [4.69, 9.17) is 17.0 Å². The molecule has 3 rings (SSSR count). The van der Waals surface area contributed by atoms with E-state index in [2.05, 4.69) is 62.6 Å². The summed E-state index contributed by atoms with van der Waals surface area (Å²) in [4.78, 5) is 13.8. The Kier molecular flexibility index (Phi) is 7.53. The summed E-state index contributed by atoms with van der Waals surface area (Å²) in [7, 11) is 1.44. The van der Waals surface area contributed by atoms with Crippen LogP contribution in [0, 0.1) is 5.92 Å². The number of carbonyl (C=O) groups excluding carboxylic acids is 1. The van der Waals surface area contributed by atoms with Crippen molar-refractivity contribution in [2.24, 2.45) is 5.92 Å². The first-order chi connectivity index (χ1) is 14.3. The molecule has 162 valence electrons. The predicted molar refractivity (Wildman–Crippen MR) is 130 cm³/mol. The fraction of sp³-hybridized carbons (Fsp3) is 0.500. The lowest BCUT2D eigenvalue weighted by Crippen LogP contribution is -2.32. The van der Waals surface area contributed by atoms with Crippen molar-refractivity contribution >= 4 is 39.6 Å². The summed E-state index contributed by atoms with van der Waals surface area (Å²) >= 11 is 7.26. The van der Waals surface area contributed by atoms with Gasteiger partial charge in [0.15, 0.2) is 5.11 Å². The van der Waals surface area contributed by atoms with E-state index in [1.807, 2.05) is 0 Å². The Morgan fingerprint density at radius 2 is 1.93 bits per heavy atom. The molecule has 1 heterocycles. The minimum absolute atomic E-state index is 0.113. The van der Waals surface area contributed by atoms with E-state index < -0.39 is 0 Å². The van der Waals surface area contributed by atoms with E-state index in [1.54, 1.807) is 11.3 Å². The smallest absolute Gasteiger partial charge is 0.341 e. The van der Waals surface area contributed by atoms with Crippen molar-refractivity contribution in [3.8, 4) is 0 Å². The standard InChI is InChI=1S/C24H32N2O2S2/c1-6-19(17-10-8-16(9-11-17)14(2)3)25-24(29)26-22-21(23(27)28-5)18-12-7-15(4)13-20(18)30-22/h8-11,14-15,19H,6-7,12-13H2,1-5H3,(H2,25,26,29). The first-order valence-electron chi connectivity index (χ1n) is 10.7. The largest absolute Gasteiger partial charge is 0.465 e. The summed E-state index contributed by atoms with van der Waals surface area (Å²) < 4.78 is 5.08. The molecule has 0 spiro atoms. The number of fused-ring (bicyclic) bond motifs is 1. The van der Waals surface area contributed by atoms with Crippen LogP contribution in [0.3, 0.4) is 0 Å². The molecule has 2 unspecified atom stereocenters. The maximum atomic E-state index is 12.5. The second kappa shape index (κ2) is 9.92. The van der Waals surface area contributed by atoms with Gasteiger partial charge in [0, 0.05) is 4.88 Å². The van der Waals surface area contributed by atoms with Crippen LogP contribution in [0.25, 0.3) is 0 Å². The molecule has 0 bridgehead atoms. The van der Waals surface area contributed by atoms with Crippen LogP contribution < -0.4 is 10.6 Å². The number of anilines is 1. The summed E-state index contributed by atoms with van der Waals surface area (Å²) in [5.74, 6) is 0.862. The Morgan fingerprint density at radius 3 is 2.53 bits per heavy atom. The summed E-state index contributed by atoms with van der Waals surface area (Å²) in [6.45, 7) is 8.80. The minimum atomic E-state index is -0.288. The molecular formula is C24H32N2O2S2. The fourth-order valence-electron chi connectivity index (χ4n) is 3.99. The number of nitrogens with one attached hydrogen (secondary N) is 2. The summed E-state index contributed by atoms with van der Waals surface area (Å²) in [6.07, 6.45) is 3.93. The number of esters is 1. The molecule has 0 fully saturated rings. The van der Waals surface area contributed by atoms with Crippen molar-refractivity contribution < 1.29 is 9.53 Å². The monoisotopic (exact) mass is 444 g/mol. The molecule has 0 amide bonds. The Hall–Kier alpha value is -1.92. The van der Waals surface area contributed by atoms with Gasteiger partial charge >= 0.3 is 5.97 Å². The van der Waals surface area contributed by atoms with Gasteiger partial charge in [0.25, 0.3) is 0 Å². The van der Waals surface area contributed by atoms with Crippen LogP contribution in [0.1, 0.15) is 84.4 Å². The van der Waals surface area contributed by atoms with Gasteiger partial charge in [-0.3, -0.25) is 0 Å². The van der Waals surface area contributed by atoms with E-state index in [9.17, 15) is 4.79 Å². The molecule has 2 N–H and O–H groups in total.